The Bertz CT molecular complexity index is 607. The molecule has 1 aliphatic heterocycles. The standard InChI is InChI=1S/C14H12BrN3/c15-14-13-3-1-2-12(18(13)9-17-14)11-6-4-10(8-16)5-7-11/h4-7,9,12H,1-3H2/t12-/m1/s1. The van der Waals surface area contributed by atoms with Crippen LogP contribution in [0, 0.1) is 11.3 Å². The Kier molecular flexibility index (Phi) is 2.92. The van der Waals surface area contributed by atoms with Gasteiger partial charge in [0, 0.05) is 0 Å². The number of rotatable bonds is 1. The summed E-state index contributed by atoms with van der Waals surface area (Å²) in [5.74, 6) is 0. The molecule has 0 amide bonds. The first kappa shape index (κ1) is 11.5. The highest BCUT2D eigenvalue weighted by atomic mass is 79.9. The Hall–Kier alpha value is -1.60. The molecule has 18 heavy (non-hydrogen) atoms. The van der Waals surface area contributed by atoms with Crippen LogP contribution in [0.15, 0.2) is 35.2 Å². The van der Waals surface area contributed by atoms with Crippen LogP contribution in [0.3, 0.4) is 0 Å². The Labute approximate surface area is 114 Å². The van der Waals surface area contributed by atoms with Crippen LogP contribution in [0.4, 0.5) is 0 Å². The number of imidazole rings is 1. The first-order valence-corrected chi connectivity index (χ1v) is 6.80. The minimum absolute atomic E-state index is 0.347. The minimum atomic E-state index is 0.347. The molecule has 1 aromatic heterocycles. The lowest BCUT2D eigenvalue weighted by Crippen LogP contribution is -2.17. The SMILES string of the molecule is N#Cc1ccc([C@H]2CCCc3c(Br)ncn32)cc1. The Balaban J connectivity index is 2.00. The second kappa shape index (κ2) is 4.58. The van der Waals surface area contributed by atoms with Crippen molar-refractivity contribution in [3.05, 3.63) is 52.0 Å². The molecule has 1 atom stereocenters. The molecule has 90 valence electrons. The molecule has 0 radical (unpaired) electrons. The maximum Gasteiger partial charge on any atom is 0.127 e. The van der Waals surface area contributed by atoms with E-state index in [4.69, 9.17) is 5.26 Å². The molecule has 1 aromatic carbocycles. The highest BCUT2D eigenvalue weighted by Gasteiger charge is 2.23. The van der Waals surface area contributed by atoms with Crippen LogP contribution >= 0.6 is 15.9 Å². The molecule has 0 spiro atoms. The van der Waals surface area contributed by atoms with E-state index in [-0.39, 0.29) is 0 Å². The van der Waals surface area contributed by atoms with Gasteiger partial charge in [-0.2, -0.15) is 5.26 Å². The Morgan fingerprint density at radius 1 is 1.33 bits per heavy atom. The first-order valence-electron chi connectivity index (χ1n) is 6.01. The molecule has 0 N–H and O–H groups in total. The van der Waals surface area contributed by atoms with Crippen molar-refractivity contribution < 1.29 is 0 Å². The maximum atomic E-state index is 8.83. The topological polar surface area (TPSA) is 41.6 Å². The zero-order valence-electron chi connectivity index (χ0n) is 9.81. The van der Waals surface area contributed by atoms with Gasteiger partial charge in [-0.15, -0.1) is 0 Å². The molecule has 2 heterocycles. The van der Waals surface area contributed by atoms with Gasteiger partial charge >= 0.3 is 0 Å². The average molecular weight is 302 g/mol. The van der Waals surface area contributed by atoms with Gasteiger partial charge in [0.25, 0.3) is 0 Å². The maximum absolute atomic E-state index is 8.83. The summed E-state index contributed by atoms with van der Waals surface area (Å²) in [6.45, 7) is 0. The molecule has 1 aliphatic rings. The molecular formula is C14H12BrN3. The highest BCUT2D eigenvalue weighted by molar-refractivity contribution is 9.10. The summed E-state index contributed by atoms with van der Waals surface area (Å²) in [6, 6.07) is 10.4. The third-order valence-electron chi connectivity index (χ3n) is 3.50. The van der Waals surface area contributed by atoms with Crippen LogP contribution in [-0.2, 0) is 6.42 Å². The van der Waals surface area contributed by atoms with Crippen LogP contribution in [0.25, 0.3) is 0 Å². The van der Waals surface area contributed by atoms with Gasteiger partial charge in [0.05, 0.1) is 29.7 Å². The number of nitrogens with zero attached hydrogens (tertiary/aromatic N) is 3. The lowest BCUT2D eigenvalue weighted by atomic mass is 9.96. The van der Waals surface area contributed by atoms with Crippen molar-refractivity contribution in [2.24, 2.45) is 0 Å². The molecule has 0 bridgehead atoms. The van der Waals surface area contributed by atoms with Crippen molar-refractivity contribution >= 4 is 15.9 Å². The van der Waals surface area contributed by atoms with Crippen molar-refractivity contribution in [2.45, 2.75) is 25.3 Å². The lowest BCUT2D eigenvalue weighted by Gasteiger charge is -2.26. The monoisotopic (exact) mass is 301 g/mol. The third kappa shape index (κ3) is 1.85. The van der Waals surface area contributed by atoms with Crippen molar-refractivity contribution in [1.82, 2.24) is 9.55 Å². The van der Waals surface area contributed by atoms with Gasteiger partial charge in [-0.05, 0) is 52.9 Å². The largest absolute Gasteiger partial charge is 0.326 e. The zero-order valence-corrected chi connectivity index (χ0v) is 11.4. The molecule has 4 heteroatoms. The molecule has 0 fully saturated rings. The highest BCUT2D eigenvalue weighted by Crippen LogP contribution is 2.33. The normalized spacial score (nSPS) is 18.1. The molecule has 3 nitrogen and oxygen atoms in total. The lowest BCUT2D eigenvalue weighted by molar-refractivity contribution is 0.457. The molecule has 0 saturated heterocycles. The number of hydrogen-bond acceptors (Lipinski definition) is 2. The smallest absolute Gasteiger partial charge is 0.127 e. The van der Waals surface area contributed by atoms with E-state index in [0.29, 0.717) is 11.6 Å². The van der Waals surface area contributed by atoms with E-state index in [1.54, 1.807) is 0 Å². The molecule has 0 aliphatic carbocycles. The van der Waals surface area contributed by atoms with Gasteiger partial charge in [-0.25, -0.2) is 4.98 Å². The number of fused-ring (bicyclic) bond motifs is 1. The predicted molar refractivity (Wildman–Crippen MR) is 72.2 cm³/mol. The summed E-state index contributed by atoms with van der Waals surface area (Å²) in [5, 5.41) is 8.83. The number of hydrogen-bond donors (Lipinski definition) is 0. The Morgan fingerprint density at radius 2 is 2.11 bits per heavy atom. The van der Waals surface area contributed by atoms with Crippen molar-refractivity contribution in [3.8, 4) is 6.07 Å². The summed E-state index contributed by atoms with van der Waals surface area (Å²) in [6.07, 6.45) is 5.28. The van der Waals surface area contributed by atoms with Crippen LogP contribution in [-0.4, -0.2) is 9.55 Å². The van der Waals surface area contributed by atoms with Gasteiger partial charge < -0.3 is 4.57 Å². The van der Waals surface area contributed by atoms with Crippen molar-refractivity contribution in [1.29, 1.82) is 5.26 Å². The van der Waals surface area contributed by atoms with Crippen LogP contribution in [0.1, 0.15) is 35.7 Å². The fraction of sp³-hybridized carbons (Fsp3) is 0.286. The third-order valence-corrected chi connectivity index (χ3v) is 4.16. The van der Waals surface area contributed by atoms with E-state index in [9.17, 15) is 0 Å². The summed E-state index contributed by atoms with van der Waals surface area (Å²) in [7, 11) is 0. The van der Waals surface area contributed by atoms with Crippen LogP contribution in [0.5, 0.6) is 0 Å². The molecule has 3 rings (SSSR count). The van der Waals surface area contributed by atoms with E-state index < -0.39 is 0 Å². The minimum Gasteiger partial charge on any atom is -0.326 e. The number of nitriles is 1. The van der Waals surface area contributed by atoms with E-state index in [1.165, 1.54) is 17.7 Å². The molecular weight excluding hydrogens is 290 g/mol. The van der Waals surface area contributed by atoms with Gasteiger partial charge in [-0.1, -0.05) is 12.1 Å². The number of aromatic nitrogens is 2. The van der Waals surface area contributed by atoms with Crippen LogP contribution in [0.2, 0.25) is 0 Å². The van der Waals surface area contributed by atoms with Gasteiger partial charge in [0.1, 0.15) is 4.60 Å². The van der Waals surface area contributed by atoms with Gasteiger partial charge in [0.2, 0.25) is 0 Å². The first-order chi connectivity index (χ1) is 8.79. The number of benzene rings is 1. The fourth-order valence-corrected chi connectivity index (χ4v) is 3.07. The predicted octanol–water partition coefficient (Wildman–Crippen LogP) is 3.44. The van der Waals surface area contributed by atoms with E-state index in [1.807, 2.05) is 30.6 Å². The van der Waals surface area contributed by atoms with Gasteiger partial charge in [0.15, 0.2) is 0 Å². The summed E-state index contributed by atoms with van der Waals surface area (Å²) < 4.78 is 3.20. The second-order valence-corrected chi connectivity index (χ2v) is 5.28. The van der Waals surface area contributed by atoms with Crippen molar-refractivity contribution in [3.63, 3.8) is 0 Å². The number of halogens is 1. The zero-order chi connectivity index (χ0) is 12.5. The molecule has 2 aromatic rings. The van der Waals surface area contributed by atoms with E-state index in [0.717, 1.165) is 17.4 Å². The van der Waals surface area contributed by atoms with E-state index >= 15 is 0 Å². The Morgan fingerprint density at radius 3 is 2.83 bits per heavy atom. The molecule has 0 unspecified atom stereocenters. The summed E-state index contributed by atoms with van der Waals surface area (Å²) in [4.78, 5) is 4.33. The fourth-order valence-electron chi connectivity index (χ4n) is 2.57. The quantitative estimate of drug-likeness (QED) is 0.809. The van der Waals surface area contributed by atoms with E-state index in [2.05, 4.69) is 31.6 Å². The van der Waals surface area contributed by atoms with Crippen molar-refractivity contribution in [2.75, 3.05) is 0 Å². The van der Waals surface area contributed by atoms with Crippen LogP contribution < -0.4 is 0 Å². The summed E-state index contributed by atoms with van der Waals surface area (Å²) >= 11 is 3.50. The summed E-state index contributed by atoms with van der Waals surface area (Å²) in [5.41, 5.74) is 3.23. The second-order valence-electron chi connectivity index (χ2n) is 4.53. The molecule has 0 saturated carbocycles. The average Bonchev–Trinajstić information content (AvgIpc) is 2.81. The van der Waals surface area contributed by atoms with Gasteiger partial charge in [-0.3, -0.25) is 0 Å².